The standard InChI is InChI=1S/C9H14ClNOS/c1-9(2,6-12)5-11-8-4-3-7(10)13-8/h3-4,11-12H,5-6H2,1-2H3. The van der Waals surface area contributed by atoms with Crippen LogP contribution in [0.4, 0.5) is 5.00 Å². The maximum Gasteiger partial charge on any atom is 0.0950 e. The lowest BCUT2D eigenvalue weighted by molar-refractivity contribution is 0.171. The number of thiophene rings is 1. The lowest BCUT2D eigenvalue weighted by Crippen LogP contribution is -2.26. The Morgan fingerprint density at radius 2 is 2.23 bits per heavy atom. The van der Waals surface area contributed by atoms with Crippen LogP contribution in [0.15, 0.2) is 12.1 Å². The van der Waals surface area contributed by atoms with Crippen LogP contribution in [-0.2, 0) is 0 Å². The van der Waals surface area contributed by atoms with Gasteiger partial charge in [0.15, 0.2) is 0 Å². The molecule has 0 aliphatic heterocycles. The maximum absolute atomic E-state index is 9.01. The molecule has 1 heterocycles. The summed E-state index contributed by atoms with van der Waals surface area (Å²) in [5.41, 5.74) is -0.0868. The van der Waals surface area contributed by atoms with Crippen molar-refractivity contribution in [2.24, 2.45) is 5.41 Å². The van der Waals surface area contributed by atoms with E-state index in [4.69, 9.17) is 16.7 Å². The van der Waals surface area contributed by atoms with Crippen LogP contribution in [0.2, 0.25) is 4.34 Å². The minimum atomic E-state index is -0.0868. The quantitative estimate of drug-likeness (QED) is 0.817. The van der Waals surface area contributed by atoms with Crippen molar-refractivity contribution in [2.75, 3.05) is 18.5 Å². The number of halogens is 1. The normalized spacial score (nSPS) is 11.7. The summed E-state index contributed by atoms with van der Waals surface area (Å²) in [5, 5.41) is 13.3. The Hall–Kier alpha value is -0.250. The molecule has 1 rings (SSSR count). The molecule has 4 heteroatoms. The fourth-order valence-electron chi connectivity index (χ4n) is 0.792. The van der Waals surface area contributed by atoms with E-state index in [1.54, 1.807) is 0 Å². The summed E-state index contributed by atoms with van der Waals surface area (Å²) in [7, 11) is 0. The molecule has 2 N–H and O–H groups in total. The van der Waals surface area contributed by atoms with E-state index in [-0.39, 0.29) is 12.0 Å². The first-order chi connectivity index (χ1) is 6.03. The maximum atomic E-state index is 9.01. The van der Waals surface area contributed by atoms with Gasteiger partial charge in [-0.15, -0.1) is 11.3 Å². The van der Waals surface area contributed by atoms with Crippen molar-refractivity contribution in [3.8, 4) is 0 Å². The second-order valence-electron chi connectivity index (χ2n) is 3.78. The molecule has 0 fully saturated rings. The molecule has 0 aliphatic rings. The molecular formula is C9H14ClNOS. The Morgan fingerprint density at radius 3 is 2.69 bits per heavy atom. The number of hydrogen-bond donors (Lipinski definition) is 2. The zero-order valence-corrected chi connectivity index (χ0v) is 9.37. The van der Waals surface area contributed by atoms with Crippen LogP contribution in [0.25, 0.3) is 0 Å². The van der Waals surface area contributed by atoms with Gasteiger partial charge in [-0.3, -0.25) is 0 Å². The molecule has 0 bridgehead atoms. The lowest BCUT2D eigenvalue weighted by Gasteiger charge is -2.21. The van der Waals surface area contributed by atoms with E-state index < -0.39 is 0 Å². The van der Waals surface area contributed by atoms with E-state index in [1.807, 2.05) is 26.0 Å². The van der Waals surface area contributed by atoms with E-state index in [2.05, 4.69) is 5.32 Å². The number of hydrogen-bond acceptors (Lipinski definition) is 3. The molecule has 0 spiro atoms. The molecule has 0 saturated heterocycles. The van der Waals surface area contributed by atoms with Gasteiger partial charge in [0.1, 0.15) is 0 Å². The molecule has 0 radical (unpaired) electrons. The molecule has 0 saturated carbocycles. The summed E-state index contributed by atoms with van der Waals surface area (Å²) < 4.78 is 0.782. The molecule has 2 nitrogen and oxygen atoms in total. The molecule has 0 unspecified atom stereocenters. The van der Waals surface area contributed by atoms with Gasteiger partial charge in [-0.05, 0) is 12.1 Å². The summed E-state index contributed by atoms with van der Waals surface area (Å²) in [6, 6.07) is 3.81. The Bertz CT molecular complexity index is 272. The highest BCUT2D eigenvalue weighted by atomic mass is 35.5. The van der Waals surface area contributed by atoms with Crippen molar-refractivity contribution < 1.29 is 5.11 Å². The summed E-state index contributed by atoms with van der Waals surface area (Å²) in [4.78, 5) is 0. The number of aliphatic hydroxyl groups is 1. The summed E-state index contributed by atoms with van der Waals surface area (Å²) in [6.07, 6.45) is 0. The van der Waals surface area contributed by atoms with Crippen molar-refractivity contribution in [2.45, 2.75) is 13.8 Å². The van der Waals surface area contributed by atoms with Crippen molar-refractivity contribution in [3.63, 3.8) is 0 Å². The molecule has 0 aliphatic carbocycles. The van der Waals surface area contributed by atoms with E-state index in [1.165, 1.54) is 11.3 Å². The van der Waals surface area contributed by atoms with Crippen LogP contribution < -0.4 is 5.32 Å². The van der Waals surface area contributed by atoms with Gasteiger partial charge in [-0.2, -0.15) is 0 Å². The molecule has 1 aromatic rings. The zero-order chi connectivity index (χ0) is 9.90. The van der Waals surface area contributed by atoms with Gasteiger partial charge in [-0.1, -0.05) is 25.4 Å². The second kappa shape index (κ2) is 4.31. The van der Waals surface area contributed by atoms with Gasteiger partial charge in [0, 0.05) is 18.6 Å². The molecular weight excluding hydrogens is 206 g/mol. The second-order valence-corrected chi connectivity index (χ2v) is 5.49. The highest BCUT2D eigenvalue weighted by molar-refractivity contribution is 7.19. The monoisotopic (exact) mass is 219 g/mol. The van der Waals surface area contributed by atoms with Crippen molar-refractivity contribution in [1.82, 2.24) is 0 Å². The van der Waals surface area contributed by atoms with Gasteiger partial charge in [0.2, 0.25) is 0 Å². The molecule has 74 valence electrons. The van der Waals surface area contributed by atoms with E-state index >= 15 is 0 Å². The van der Waals surface area contributed by atoms with E-state index in [0.29, 0.717) is 0 Å². The smallest absolute Gasteiger partial charge is 0.0950 e. The molecule has 1 aromatic heterocycles. The lowest BCUT2D eigenvalue weighted by atomic mass is 9.95. The van der Waals surface area contributed by atoms with Crippen LogP contribution in [0.3, 0.4) is 0 Å². The summed E-state index contributed by atoms with van der Waals surface area (Å²) in [6.45, 7) is 4.95. The number of rotatable bonds is 4. The summed E-state index contributed by atoms with van der Waals surface area (Å²) in [5.74, 6) is 0. The first kappa shape index (κ1) is 10.8. The number of nitrogens with one attached hydrogen (secondary N) is 1. The minimum absolute atomic E-state index is 0.0868. The minimum Gasteiger partial charge on any atom is -0.396 e. The molecule has 13 heavy (non-hydrogen) atoms. The van der Waals surface area contributed by atoms with Gasteiger partial charge in [0.05, 0.1) is 9.34 Å². The van der Waals surface area contributed by atoms with Crippen LogP contribution in [0, 0.1) is 5.41 Å². The van der Waals surface area contributed by atoms with Crippen molar-refractivity contribution in [3.05, 3.63) is 16.5 Å². The van der Waals surface area contributed by atoms with Gasteiger partial charge in [-0.25, -0.2) is 0 Å². The molecule has 0 amide bonds. The van der Waals surface area contributed by atoms with Crippen LogP contribution >= 0.6 is 22.9 Å². The molecule has 0 atom stereocenters. The predicted molar refractivity (Wildman–Crippen MR) is 58.7 cm³/mol. The van der Waals surface area contributed by atoms with Crippen molar-refractivity contribution >= 4 is 27.9 Å². The largest absolute Gasteiger partial charge is 0.396 e. The third-order valence-electron chi connectivity index (χ3n) is 1.74. The highest BCUT2D eigenvalue weighted by Gasteiger charge is 2.15. The van der Waals surface area contributed by atoms with E-state index in [9.17, 15) is 0 Å². The Kier molecular flexibility index (Phi) is 3.59. The Balaban J connectivity index is 2.43. The number of aliphatic hydroxyl groups excluding tert-OH is 1. The third-order valence-corrected chi connectivity index (χ3v) is 2.93. The summed E-state index contributed by atoms with van der Waals surface area (Å²) >= 11 is 7.29. The first-order valence-corrected chi connectivity index (χ1v) is 5.33. The van der Waals surface area contributed by atoms with Gasteiger partial charge >= 0.3 is 0 Å². The SMILES string of the molecule is CC(C)(CO)CNc1ccc(Cl)s1. The first-order valence-electron chi connectivity index (χ1n) is 4.13. The average molecular weight is 220 g/mol. The fourth-order valence-corrected chi connectivity index (χ4v) is 1.73. The average Bonchev–Trinajstić information content (AvgIpc) is 2.48. The fraction of sp³-hybridized carbons (Fsp3) is 0.556. The van der Waals surface area contributed by atoms with Crippen LogP contribution in [0.5, 0.6) is 0 Å². The Morgan fingerprint density at radius 1 is 1.54 bits per heavy atom. The van der Waals surface area contributed by atoms with Crippen molar-refractivity contribution in [1.29, 1.82) is 0 Å². The third kappa shape index (κ3) is 3.55. The van der Waals surface area contributed by atoms with Crippen LogP contribution in [0.1, 0.15) is 13.8 Å². The molecule has 0 aromatic carbocycles. The van der Waals surface area contributed by atoms with Gasteiger partial charge < -0.3 is 10.4 Å². The topological polar surface area (TPSA) is 32.3 Å². The number of anilines is 1. The van der Waals surface area contributed by atoms with Crippen LogP contribution in [-0.4, -0.2) is 18.3 Å². The zero-order valence-electron chi connectivity index (χ0n) is 7.80. The predicted octanol–water partition coefficient (Wildman–Crippen LogP) is 2.83. The highest BCUT2D eigenvalue weighted by Crippen LogP contribution is 2.27. The van der Waals surface area contributed by atoms with E-state index in [0.717, 1.165) is 15.9 Å². The Labute approximate surface area is 87.5 Å². The van der Waals surface area contributed by atoms with Gasteiger partial charge in [0.25, 0.3) is 0 Å².